The molecule has 3 nitrogen and oxygen atoms in total. The van der Waals surface area contributed by atoms with Crippen LogP contribution < -0.4 is 10.1 Å². The Bertz CT molecular complexity index is 419. The summed E-state index contributed by atoms with van der Waals surface area (Å²) < 4.78 is 12.2. The van der Waals surface area contributed by atoms with Crippen LogP contribution in [0.25, 0.3) is 0 Å². The summed E-state index contributed by atoms with van der Waals surface area (Å²) >= 11 is 3.67. The molecule has 0 amide bonds. The number of ether oxygens (including phenoxy) is 2. The second-order valence-corrected chi connectivity index (χ2v) is 6.12. The minimum absolute atomic E-state index is 0.332. The van der Waals surface area contributed by atoms with Gasteiger partial charge in [0.1, 0.15) is 5.75 Å². The van der Waals surface area contributed by atoms with Crippen molar-refractivity contribution in [1.29, 1.82) is 0 Å². The molecule has 0 spiro atoms. The predicted octanol–water partition coefficient (Wildman–Crippen LogP) is 4.07. The van der Waals surface area contributed by atoms with Crippen LogP contribution in [-0.4, -0.2) is 26.4 Å². The Hall–Kier alpha value is -0.580. The lowest BCUT2D eigenvalue weighted by atomic mass is 9.99. The zero-order valence-electron chi connectivity index (χ0n) is 12.3. The number of hydrogen-bond donors (Lipinski definition) is 1. The lowest BCUT2D eigenvalue weighted by molar-refractivity contribution is 0.0945. The molecule has 1 saturated heterocycles. The highest BCUT2D eigenvalue weighted by Crippen LogP contribution is 2.32. The third-order valence-corrected chi connectivity index (χ3v) is 4.43. The molecule has 0 radical (unpaired) electrons. The quantitative estimate of drug-likeness (QED) is 0.810. The summed E-state index contributed by atoms with van der Waals surface area (Å²) in [5.41, 5.74) is 1.29. The maximum atomic E-state index is 5.79. The molecule has 2 atom stereocenters. The third-order valence-electron chi connectivity index (χ3n) is 3.75. The van der Waals surface area contributed by atoms with Gasteiger partial charge in [-0.2, -0.15) is 0 Å². The Morgan fingerprint density at radius 3 is 2.95 bits per heavy atom. The van der Waals surface area contributed by atoms with E-state index in [1.165, 1.54) is 18.4 Å². The molecule has 0 bridgehead atoms. The Kier molecular flexibility index (Phi) is 6.33. The Labute approximate surface area is 130 Å². The topological polar surface area (TPSA) is 30.5 Å². The van der Waals surface area contributed by atoms with Gasteiger partial charge in [0.05, 0.1) is 13.2 Å². The van der Waals surface area contributed by atoms with Crippen molar-refractivity contribution in [3.63, 3.8) is 0 Å². The van der Waals surface area contributed by atoms with E-state index < -0.39 is 0 Å². The van der Waals surface area contributed by atoms with E-state index in [1.807, 2.05) is 12.1 Å². The van der Waals surface area contributed by atoms with Gasteiger partial charge in [-0.1, -0.05) is 28.9 Å². The van der Waals surface area contributed by atoms with Gasteiger partial charge < -0.3 is 14.8 Å². The zero-order chi connectivity index (χ0) is 14.4. The van der Waals surface area contributed by atoms with Crippen LogP contribution in [0.15, 0.2) is 22.7 Å². The van der Waals surface area contributed by atoms with Crippen LogP contribution in [0.2, 0.25) is 0 Å². The SMILES string of the molecule is CCCNC(CC1CCCO1)c1ccc(OC)cc1Br. The first-order valence-corrected chi connectivity index (χ1v) is 8.22. The molecule has 112 valence electrons. The van der Waals surface area contributed by atoms with Crippen LogP contribution in [0.1, 0.15) is 44.2 Å². The van der Waals surface area contributed by atoms with E-state index in [9.17, 15) is 0 Å². The summed E-state index contributed by atoms with van der Waals surface area (Å²) in [5, 5.41) is 3.64. The van der Waals surface area contributed by atoms with Crippen molar-refractivity contribution in [2.24, 2.45) is 0 Å². The van der Waals surface area contributed by atoms with Gasteiger partial charge in [0.15, 0.2) is 0 Å². The van der Waals surface area contributed by atoms with E-state index in [0.717, 1.165) is 36.2 Å². The molecule has 0 saturated carbocycles. The Morgan fingerprint density at radius 1 is 1.50 bits per heavy atom. The van der Waals surface area contributed by atoms with Crippen molar-refractivity contribution >= 4 is 15.9 Å². The van der Waals surface area contributed by atoms with Crippen molar-refractivity contribution in [3.8, 4) is 5.75 Å². The molecular weight excluding hydrogens is 318 g/mol. The normalized spacial score (nSPS) is 20.1. The molecule has 0 aliphatic carbocycles. The molecule has 20 heavy (non-hydrogen) atoms. The lowest BCUT2D eigenvalue weighted by Crippen LogP contribution is -2.26. The number of nitrogens with one attached hydrogen (secondary N) is 1. The van der Waals surface area contributed by atoms with Gasteiger partial charge in [-0.3, -0.25) is 0 Å². The first-order valence-electron chi connectivity index (χ1n) is 7.43. The van der Waals surface area contributed by atoms with Crippen LogP contribution in [-0.2, 0) is 4.74 Å². The maximum absolute atomic E-state index is 5.79. The highest BCUT2D eigenvalue weighted by atomic mass is 79.9. The van der Waals surface area contributed by atoms with Gasteiger partial charge in [-0.15, -0.1) is 0 Å². The van der Waals surface area contributed by atoms with E-state index in [2.05, 4.69) is 34.2 Å². The summed E-state index contributed by atoms with van der Waals surface area (Å²) in [7, 11) is 1.70. The molecule has 1 fully saturated rings. The molecule has 1 N–H and O–H groups in total. The average molecular weight is 342 g/mol. The smallest absolute Gasteiger partial charge is 0.120 e. The van der Waals surface area contributed by atoms with Gasteiger partial charge in [0.2, 0.25) is 0 Å². The van der Waals surface area contributed by atoms with Crippen molar-refractivity contribution < 1.29 is 9.47 Å². The van der Waals surface area contributed by atoms with Crippen LogP contribution in [0.4, 0.5) is 0 Å². The first kappa shape index (κ1) is 15.8. The van der Waals surface area contributed by atoms with Gasteiger partial charge in [-0.05, 0) is 49.9 Å². The fourth-order valence-electron chi connectivity index (χ4n) is 2.65. The van der Waals surface area contributed by atoms with E-state index in [0.29, 0.717) is 12.1 Å². The standard InChI is InChI=1S/C16H24BrNO2/c1-3-8-18-16(11-13-5-4-9-20-13)14-7-6-12(19-2)10-15(14)17/h6-7,10,13,16,18H,3-5,8-9,11H2,1-2H3. The first-order chi connectivity index (χ1) is 9.74. The second kappa shape index (κ2) is 8.01. The summed E-state index contributed by atoms with van der Waals surface area (Å²) in [4.78, 5) is 0. The highest BCUT2D eigenvalue weighted by Gasteiger charge is 2.23. The number of benzene rings is 1. The number of methoxy groups -OCH3 is 1. The van der Waals surface area contributed by atoms with Crippen molar-refractivity contribution in [2.45, 2.75) is 44.8 Å². The number of rotatable bonds is 7. The Morgan fingerprint density at radius 2 is 2.35 bits per heavy atom. The summed E-state index contributed by atoms with van der Waals surface area (Å²) in [6.45, 7) is 4.13. The second-order valence-electron chi connectivity index (χ2n) is 5.26. The van der Waals surface area contributed by atoms with E-state index in [-0.39, 0.29) is 0 Å². The molecule has 1 aromatic carbocycles. The van der Waals surface area contributed by atoms with E-state index in [4.69, 9.17) is 9.47 Å². The number of hydrogen-bond acceptors (Lipinski definition) is 3. The summed E-state index contributed by atoms with van der Waals surface area (Å²) in [5.74, 6) is 0.881. The molecule has 4 heteroatoms. The van der Waals surface area contributed by atoms with Crippen molar-refractivity contribution in [1.82, 2.24) is 5.32 Å². The van der Waals surface area contributed by atoms with Crippen LogP contribution in [0.3, 0.4) is 0 Å². The highest BCUT2D eigenvalue weighted by molar-refractivity contribution is 9.10. The fourth-order valence-corrected chi connectivity index (χ4v) is 3.28. The van der Waals surface area contributed by atoms with Crippen LogP contribution >= 0.6 is 15.9 Å². The van der Waals surface area contributed by atoms with Gasteiger partial charge >= 0.3 is 0 Å². The molecule has 1 aromatic rings. The molecule has 2 unspecified atom stereocenters. The van der Waals surface area contributed by atoms with Gasteiger partial charge in [0.25, 0.3) is 0 Å². The van der Waals surface area contributed by atoms with Crippen molar-refractivity contribution in [2.75, 3.05) is 20.3 Å². The van der Waals surface area contributed by atoms with Crippen LogP contribution in [0.5, 0.6) is 5.75 Å². The fraction of sp³-hybridized carbons (Fsp3) is 0.625. The average Bonchev–Trinajstić information content (AvgIpc) is 2.96. The van der Waals surface area contributed by atoms with E-state index >= 15 is 0 Å². The van der Waals surface area contributed by atoms with Gasteiger partial charge in [0, 0.05) is 17.1 Å². The molecule has 1 aliphatic heterocycles. The van der Waals surface area contributed by atoms with Gasteiger partial charge in [-0.25, -0.2) is 0 Å². The molecule has 2 rings (SSSR count). The molecule has 0 aromatic heterocycles. The van der Waals surface area contributed by atoms with E-state index in [1.54, 1.807) is 7.11 Å². The number of halogens is 1. The monoisotopic (exact) mass is 341 g/mol. The minimum Gasteiger partial charge on any atom is -0.497 e. The summed E-state index contributed by atoms with van der Waals surface area (Å²) in [6.07, 6.45) is 4.92. The molecule has 1 aliphatic rings. The summed E-state index contributed by atoms with van der Waals surface area (Å²) in [6, 6.07) is 6.53. The predicted molar refractivity (Wildman–Crippen MR) is 85.3 cm³/mol. The van der Waals surface area contributed by atoms with Crippen molar-refractivity contribution in [3.05, 3.63) is 28.2 Å². The van der Waals surface area contributed by atoms with Crippen LogP contribution in [0, 0.1) is 0 Å². The zero-order valence-corrected chi connectivity index (χ0v) is 13.9. The Balaban J connectivity index is 2.11. The largest absolute Gasteiger partial charge is 0.497 e. The maximum Gasteiger partial charge on any atom is 0.120 e. The lowest BCUT2D eigenvalue weighted by Gasteiger charge is -2.23. The molecule has 1 heterocycles. The third kappa shape index (κ3) is 4.21. The molecular formula is C16H24BrNO2. The minimum atomic E-state index is 0.332.